The van der Waals surface area contributed by atoms with E-state index < -0.39 is 5.79 Å². The van der Waals surface area contributed by atoms with Crippen molar-refractivity contribution < 1.29 is 29.6 Å². The van der Waals surface area contributed by atoms with E-state index in [0.29, 0.717) is 12.8 Å². The molecule has 0 amide bonds. The number of ether oxygens (including phenoxy) is 2. The Morgan fingerprint density at radius 3 is 2.38 bits per heavy atom. The van der Waals surface area contributed by atoms with Gasteiger partial charge in [0.2, 0.25) is 5.75 Å². The molecule has 1 aromatic carbocycles. The molecule has 0 unspecified atom stereocenters. The van der Waals surface area contributed by atoms with Crippen LogP contribution in [0, 0.1) is 0 Å². The second-order valence-electron chi connectivity index (χ2n) is 6.27. The van der Waals surface area contributed by atoms with Gasteiger partial charge in [-0.05, 0) is 12.1 Å². The summed E-state index contributed by atoms with van der Waals surface area (Å²) in [5.74, 6) is 0.320. The van der Waals surface area contributed by atoms with Crippen LogP contribution in [-0.2, 0) is 6.42 Å². The number of phenolic OH excluding ortho intramolecular Hbond substituents is 1. The molecule has 1 aromatic heterocycles. The van der Waals surface area contributed by atoms with Gasteiger partial charge in [-0.2, -0.15) is 11.8 Å². The maximum atomic E-state index is 12.8. The highest BCUT2D eigenvalue weighted by Crippen LogP contribution is 2.51. The van der Waals surface area contributed by atoms with Crippen LogP contribution in [0.25, 0.3) is 0 Å². The van der Waals surface area contributed by atoms with Crippen molar-refractivity contribution >= 4 is 17.5 Å². The molecule has 26 heavy (non-hydrogen) atoms. The van der Waals surface area contributed by atoms with Crippen LogP contribution in [0.3, 0.4) is 0 Å². The quantitative estimate of drug-likeness (QED) is 0.703. The van der Waals surface area contributed by atoms with Crippen LogP contribution in [0.2, 0.25) is 0 Å². The molecule has 136 valence electrons. The number of fused-ring (bicyclic) bond motifs is 1. The summed E-state index contributed by atoms with van der Waals surface area (Å²) in [6, 6.07) is 2.85. The Balaban J connectivity index is 1.67. The number of aromatic hydroxyl groups is 3. The molecule has 0 radical (unpaired) electrons. The predicted octanol–water partition coefficient (Wildman–Crippen LogP) is 2.62. The van der Waals surface area contributed by atoms with Gasteiger partial charge in [0, 0.05) is 36.3 Å². The zero-order valence-electron chi connectivity index (χ0n) is 13.8. The number of rotatable bonds is 3. The van der Waals surface area contributed by atoms with Crippen LogP contribution in [0.1, 0.15) is 28.8 Å². The Bertz CT molecular complexity index is 858. The fraction of sp³-hybridized carbons (Fsp3) is 0.333. The topological polar surface area (TPSA) is 109 Å². The standard InChI is InChI=1S/C18H17NO6S/c20-12-2-1-10(13(21)7-11-14(22)8-19-9-15(11)23)16-17(12)25-18(24-16)3-5-26-6-4-18/h1-2,8-9,20,22-23H,3-7H2. The first kappa shape index (κ1) is 16.8. The molecule has 2 aromatic rings. The maximum Gasteiger partial charge on any atom is 0.253 e. The SMILES string of the molecule is O=C(Cc1c(O)cncc1O)c1ccc(O)c2c1OC1(CCSCC1)O2. The maximum absolute atomic E-state index is 12.8. The predicted molar refractivity (Wildman–Crippen MR) is 94.3 cm³/mol. The van der Waals surface area contributed by atoms with Crippen LogP contribution in [0.5, 0.6) is 28.7 Å². The number of carbonyl (C=O) groups is 1. The van der Waals surface area contributed by atoms with Crippen molar-refractivity contribution in [1.82, 2.24) is 4.98 Å². The van der Waals surface area contributed by atoms with Crippen LogP contribution in [0.4, 0.5) is 0 Å². The monoisotopic (exact) mass is 375 g/mol. The zero-order valence-corrected chi connectivity index (χ0v) is 14.6. The minimum Gasteiger partial charge on any atom is -0.506 e. The lowest BCUT2D eigenvalue weighted by Crippen LogP contribution is -2.42. The fourth-order valence-electron chi connectivity index (χ4n) is 3.15. The minimum absolute atomic E-state index is 0.0822. The minimum atomic E-state index is -0.845. The average Bonchev–Trinajstić information content (AvgIpc) is 2.98. The van der Waals surface area contributed by atoms with Gasteiger partial charge in [0.15, 0.2) is 17.3 Å². The van der Waals surface area contributed by atoms with Gasteiger partial charge in [0.05, 0.1) is 18.0 Å². The van der Waals surface area contributed by atoms with E-state index in [1.807, 2.05) is 0 Å². The molecule has 0 saturated carbocycles. The lowest BCUT2D eigenvalue weighted by molar-refractivity contribution is -0.0852. The lowest BCUT2D eigenvalue weighted by atomic mass is 10.0. The molecule has 3 N–H and O–H groups in total. The molecule has 1 spiro atoms. The number of hydrogen-bond acceptors (Lipinski definition) is 8. The average molecular weight is 375 g/mol. The molecule has 8 heteroatoms. The van der Waals surface area contributed by atoms with Crippen LogP contribution in [-0.4, -0.2) is 43.4 Å². The van der Waals surface area contributed by atoms with Gasteiger partial charge < -0.3 is 24.8 Å². The molecular weight excluding hydrogens is 358 g/mol. The molecule has 0 atom stereocenters. The van der Waals surface area contributed by atoms with E-state index in [4.69, 9.17) is 9.47 Å². The van der Waals surface area contributed by atoms with Crippen molar-refractivity contribution in [3.8, 4) is 28.7 Å². The van der Waals surface area contributed by atoms with Gasteiger partial charge in [-0.15, -0.1) is 0 Å². The van der Waals surface area contributed by atoms with Gasteiger partial charge in [0.25, 0.3) is 5.79 Å². The van der Waals surface area contributed by atoms with Crippen molar-refractivity contribution in [2.24, 2.45) is 0 Å². The smallest absolute Gasteiger partial charge is 0.253 e. The van der Waals surface area contributed by atoms with E-state index in [9.17, 15) is 20.1 Å². The van der Waals surface area contributed by atoms with E-state index in [0.717, 1.165) is 23.9 Å². The summed E-state index contributed by atoms with van der Waals surface area (Å²) >= 11 is 1.80. The van der Waals surface area contributed by atoms with Crippen LogP contribution >= 0.6 is 11.8 Å². The number of nitrogens with zero attached hydrogens (tertiary/aromatic N) is 1. The first-order chi connectivity index (χ1) is 12.5. The summed E-state index contributed by atoms with van der Waals surface area (Å²) in [5.41, 5.74) is 0.332. The lowest BCUT2D eigenvalue weighted by Gasteiger charge is -2.30. The third kappa shape index (κ3) is 2.80. The summed E-state index contributed by atoms with van der Waals surface area (Å²) < 4.78 is 11.9. The molecule has 7 nitrogen and oxygen atoms in total. The second-order valence-corrected chi connectivity index (χ2v) is 7.50. The number of carbonyl (C=O) groups excluding carboxylic acids is 1. The van der Waals surface area contributed by atoms with Crippen molar-refractivity contribution in [3.05, 3.63) is 35.7 Å². The van der Waals surface area contributed by atoms with E-state index in [1.54, 1.807) is 11.8 Å². The largest absolute Gasteiger partial charge is 0.506 e. The zero-order chi connectivity index (χ0) is 18.3. The Morgan fingerprint density at radius 1 is 1.04 bits per heavy atom. The Morgan fingerprint density at radius 2 is 1.69 bits per heavy atom. The number of benzene rings is 1. The summed E-state index contributed by atoms with van der Waals surface area (Å²) in [7, 11) is 0. The first-order valence-corrected chi connectivity index (χ1v) is 9.34. The van der Waals surface area contributed by atoms with Crippen molar-refractivity contribution in [1.29, 1.82) is 0 Å². The summed E-state index contributed by atoms with van der Waals surface area (Å²) in [4.78, 5) is 16.5. The third-order valence-electron chi connectivity index (χ3n) is 4.57. The molecule has 1 saturated heterocycles. The van der Waals surface area contributed by atoms with E-state index in [2.05, 4.69) is 4.98 Å². The highest BCUT2D eigenvalue weighted by atomic mass is 32.2. The van der Waals surface area contributed by atoms with Gasteiger partial charge >= 0.3 is 0 Å². The first-order valence-electron chi connectivity index (χ1n) is 8.19. The Kier molecular flexibility index (Phi) is 4.07. The van der Waals surface area contributed by atoms with Gasteiger partial charge in [-0.25, -0.2) is 0 Å². The number of aromatic nitrogens is 1. The number of hydrogen-bond donors (Lipinski definition) is 3. The second kappa shape index (κ2) is 6.28. The number of pyridine rings is 1. The molecule has 4 rings (SSSR count). The molecule has 0 aliphatic carbocycles. The summed E-state index contributed by atoms with van der Waals surface area (Å²) in [6.45, 7) is 0. The Labute approximate surface area is 153 Å². The highest BCUT2D eigenvalue weighted by molar-refractivity contribution is 7.99. The molecule has 1 fully saturated rings. The van der Waals surface area contributed by atoms with Crippen molar-refractivity contribution in [2.45, 2.75) is 25.0 Å². The van der Waals surface area contributed by atoms with Gasteiger partial charge in [-0.1, -0.05) is 0 Å². The normalized spacial score (nSPS) is 17.4. The van der Waals surface area contributed by atoms with Crippen molar-refractivity contribution in [3.63, 3.8) is 0 Å². The van der Waals surface area contributed by atoms with E-state index >= 15 is 0 Å². The van der Waals surface area contributed by atoms with E-state index in [1.165, 1.54) is 12.1 Å². The van der Waals surface area contributed by atoms with Gasteiger partial charge in [-0.3, -0.25) is 9.78 Å². The molecule has 3 heterocycles. The van der Waals surface area contributed by atoms with E-state index in [-0.39, 0.29) is 52.1 Å². The summed E-state index contributed by atoms with van der Waals surface area (Å²) in [6.07, 6.45) is 3.41. The molecular formula is C18H17NO6S. The number of ketones is 1. The molecule has 0 bridgehead atoms. The van der Waals surface area contributed by atoms with Crippen LogP contribution in [0.15, 0.2) is 24.5 Å². The number of thioether (sulfide) groups is 1. The Hall–Kier alpha value is -2.61. The molecule has 2 aliphatic heterocycles. The third-order valence-corrected chi connectivity index (χ3v) is 5.56. The van der Waals surface area contributed by atoms with Crippen LogP contribution < -0.4 is 9.47 Å². The van der Waals surface area contributed by atoms with Crippen molar-refractivity contribution in [2.75, 3.05) is 11.5 Å². The fourth-order valence-corrected chi connectivity index (χ4v) is 4.27. The summed E-state index contributed by atoms with van der Waals surface area (Å²) in [5, 5.41) is 29.8. The highest BCUT2D eigenvalue weighted by Gasteiger charge is 2.45. The number of Topliss-reactive ketones (excluding diaryl/α,β-unsaturated/α-hetero) is 1. The number of phenols is 1. The van der Waals surface area contributed by atoms with Gasteiger partial charge in [0.1, 0.15) is 11.5 Å². The molecule has 2 aliphatic rings.